The summed E-state index contributed by atoms with van der Waals surface area (Å²) in [6.07, 6.45) is 1.49. The van der Waals surface area contributed by atoms with Gasteiger partial charge in [0.1, 0.15) is 0 Å². The number of fused-ring (bicyclic) bond motifs is 1. The van der Waals surface area contributed by atoms with Gasteiger partial charge >= 0.3 is 0 Å². The molecule has 0 aliphatic rings. The van der Waals surface area contributed by atoms with Crippen molar-refractivity contribution in [3.63, 3.8) is 0 Å². The third kappa shape index (κ3) is 3.39. The molecule has 21 heavy (non-hydrogen) atoms. The molecule has 1 aromatic carbocycles. The van der Waals surface area contributed by atoms with Crippen molar-refractivity contribution in [3.05, 3.63) is 30.0 Å². The van der Waals surface area contributed by atoms with Crippen LogP contribution in [0.15, 0.2) is 24.3 Å². The molecule has 0 spiro atoms. The molecule has 5 heteroatoms. The van der Waals surface area contributed by atoms with Gasteiger partial charge in [-0.3, -0.25) is 4.79 Å². The Morgan fingerprint density at radius 2 is 1.95 bits per heavy atom. The minimum absolute atomic E-state index is 0. The van der Waals surface area contributed by atoms with Gasteiger partial charge in [0.05, 0.1) is 5.41 Å². The van der Waals surface area contributed by atoms with Crippen molar-refractivity contribution in [1.29, 1.82) is 0 Å². The van der Waals surface area contributed by atoms with Crippen LogP contribution in [0.1, 0.15) is 32.4 Å². The van der Waals surface area contributed by atoms with Crippen LogP contribution < -0.4 is 11.1 Å². The van der Waals surface area contributed by atoms with Crippen LogP contribution in [0.25, 0.3) is 10.9 Å². The van der Waals surface area contributed by atoms with E-state index in [2.05, 4.69) is 16.4 Å². The molecule has 1 amide bonds. The molecule has 0 aliphatic carbocycles. The number of H-pyrrole nitrogens is 1. The molecule has 4 nitrogen and oxygen atoms in total. The molecular formula is C16H24ClN3O. The summed E-state index contributed by atoms with van der Waals surface area (Å²) in [4.78, 5) is 15.7. The highest BCUT2D eigenvalue weighted by Gasteiger charge is 2.33. The zero-order valence-electron chi connectivity index (χ0n) is 12.8. The first kappa shape index (κ1) is 17.5. The van der Waals surface area contributed by atoms with Crippen LogP contribution in [-0.4, -0.2) is 17.4 Å². The second-order valence-electron chi connectivity index (χ2n) is 5.40. The van der Waals surface area contributed by atoms with Gasteiger partial charge in [0.2, 0.25) is 5.91 Å². The number of halogens is 1. The fourth-order valence-corrected chi connectivity index (χ4v) is 2.57. The van der Waals surface area contributed by atoms with Crippen LogP contribution in [0.5, 0.6) is 0 Å². The van der Waals surface area contributed by atoms with Gasteiger partial charge in [0.25, 0.3) is 0 Å². The molecule has 0 bridgehead atoms. The van der Waals surface area contributed by atoms with Crippen LogP contribution in [0.3, 0.4) is 0 Å². The summed E-state index contributed by atoms with van der Waals surface area (Å²) < 4.78 is 0. The Morgan fingerprint density at radius 3 is 2.52 bits per heavy atom. The average Bonchev–Trinajstić information content (AvgIpc) is 2.81. The number of aromatic nitrogens is 1. The van der Waals surface area contributed by atoms with E-state index in [1.807, 2.05) is 39.0 Å². The molecule has 0 aliphatic heterocycles. The van der Waals surface area contributed by atoms with Crippen molar-refractivity contribution in [1.82, 2.24) is 4.98 Å². The third-order valence-corrected chi connectivity index (χ3v) is 4.24. The zero-order chi connectivity index (χ0) is 14.8. The van der Waals surface area contributed by atoms with Crippen LogP contribution >= 0.6 is 12.4 Å². The Morgan fingerprint density at radius 1 is 1.29 bits per heavy atom. The van der Waals surface area contributed by atoms with Gasteiger partial charge in [-0.15, -0.1) is 12.4 Å². The highest BCUT2D eigenvalue weighted by molar-refractivity contribution is 5.97. The van der Waals surface area contributed by atoms with Crippen LogP contribution in [-0.2, 0) is 4.79 Å². The fraction of sp³-hybridized carbons (Fsp3) is 0.438. The Kier molecular flexibility index (Phi) is 5.81. The van der Waals surface area contributed by atoms with Crippen molar-refractivity contribution < 1.29 is 4.79 Å². The number of amides is 1. The summed E-state index contributed by atoms with van der Waals surface area (Å²) in [5.41, 5.74) is 8.36. The van der Waals surface area contributed by atoms with Crippen molar-refractivity contribution in [2.45, 2.75) is 33.6 Å². The average molecular weight is 310 g/mol. The molecule has 1 aromatic heterocycles. The Bertz CT molecular complexity index is 609. The van der Waals surface area contributed by atoms with Crippen molar-refractivity contribution >= 4 is 34.9 Å². The normalized spacial score (nSPS) is 11.2. The van der Waals surface area contributed by atoms with Crippen LogP contribution in [0.2, 0.25) is 0 Å². The van der Waals surface area contributed by atoms with E-state index in [1.54, 1.807) is 0 Å². The van der Waals surface area contributed by atoms with Crippen LogP contribution in [0.4, 0.5) is 5.69 Å². The standard InChI is InChI=1S/C16H23N3O.ClH/c1-4-16(5-2,10-17)15(20)19-13-6-7-14-12(9-13)8-11(3)18-14;/h6-9,18H,4-5,10,17H2,1-3H3,(H,19,20);1H. The van der Waals surface area contributed by atoms with Gasteiger partial charge in [0.15, 0.2) is 0 Å². The number of nitrogens with one attached hydrogen (secondary N) is 2. The van der Waals surface area contributed by atoms with Gasteiger partial charge in [-0.05, 0) is 44.0 Å². The van der Waals surface area contributed by atoms with Gasteiger partial charge < -0.3 is 16.0 Å². The van der Waals surface area contributed by atoms with Crippen molar-refractivity contribution in [2.24, 2.45) is 11.1 Å². The summed E-state index contributed by atoms with van der Waals surface area (Å²) in [7, 11) is 0. The molecule has 0 saturated heterocycles. The van der Waals surface area contributed by atoms with Crippen molar-refractivity contribution in [2.75, 3.05) is 11.9 Å². The lowest BCUT2D eigenvalue weighted by Gasteiger charge is -2.28. The summed E-state index contributed by atoms with van der Waals surface area (Å²) in [5, 5.41) is 4.11. The molecule has 0 saturated carbocycles. The third-order valence-electron chi connectivity index (χ3n) is 4.24. The molecule has 2 aromatic rings. The highest BCUT2D eigenvalue weighted by atomic mass is 35.5. The molecule has 0 atom stereocenters. The van der Waals surface area contributed by atoms with Gasteiger partial charge in [-0.25, -0.2) is 0 Å². The number of nitrogens with two attached hydrogens (primary N) is 1. The maximum Gasteiger partial charge on any atom is 0.231 e. The number of hydrogen-bond acceptors (Lipinski definition) is 2. The lowest BCUT2D eigenvalue weighted by Crippen LogP contribution is -2.41. The lowest BCUT2D eigenvalue weighted by molar-refractivity contribution is -0.125. The SMILES string of the molecule is CCC(CC)(CN)C(=O)Nc1ccc2[nH]c(C)cc2c1.Cl. The summed E-state index contributed by atoms with van der Waals surface area (Å²) in [5.74, 6) is 0.0107. The lowest BCUT2D eigenvalue weighted by atomic mass is 9.81. The summed E-state index contributed by atoms with van der Waals surface area (Å²) in [6.45, 7) is 6.41. The smallest absolute Gasteiger partial charge is 0.231 e. The van der Waals surface area contributed by atoms with E-state index in [0.717, 1.165) is 35.1 Å². The minimum Gasteiger partial charge on any atom is -0.359 e. The molecule has 2 rings (SSSR count). The van der Waals surface area contributed by atoms with E-state index in [4.69, 9.17) is 5.73 Å². The molecule has 0 unspecified atom stereocenters. The van der Waals surface area contributed by atoms with E-state index in [-0.39, 0.29) is 18.3 Å². The number of hydrogen-bond donors (Lipinski definition) is 3. The van der Waals surface area contributed by atoms with Crippen LogP contribution in [0, 0.1) is 12.3 Å². The second kappa shape index (κ2) is 6.96. The number of anilines is 1. The molecule has 1 heterocycles. The van der Waals surface area contributed by atoms with E-state index >= 15 is 0 Å². The minimum atomic E-state index is -0.469. The van der Waals surface area contributed by atoms with Gasteiger partial charge in [-0.1, -0.05) is 13.8 Å². The topological polar surface area (TPSA) is 70.9 Å². The molecule has 0 fully saturated rings. The van der Waals surface area contributed by atoms with Crippen molar-refractivity contribution in [3.8, 4) is 0 Å². The highest BCUT2D eigenvalue weighted by Crippen LogP contribution is 2.28. The summed E-state index contributed by atoms with van der Waals surface area (Å²) >= 11 is 0. The largest absolute Gasteiger partial charge is 0.359 e. The molecule has 116 valence electrons. The van der Waals surface area contributed by atoms with Gasteiger partial charge in [-0.2, -0.15) is 0 Å². The number of carbonyl (C=O) groups is 1. The molecule has 4 N–H and O–H groups in total. The maximum atomic E-state index is 12.5. The number of aromatic amines is 1. The first-order valence-corrected chi connectivity index (χ1v) is 7.15. The van der Waals surface area contributed by atoms with E-state index in [1.165, 1.54) is 0 Å². The monoisotopic (exact) mass is 309 g/mol. The van der Waals surface area contributed by atoms with Gasteiger partial charge in [0, 0.05) is 28.8 Å². The number of aryl methyl sites for hydroxylation is 1. The maximum absolute atomic E-state index is 12.5. The Hall–Kier alpha value is -1.52. The molecular weight excluding hydrogens is 286 g/mol. The Labute approximate surface area is 131 Å². The predicted molar refractivity (Wildman–Crippen MR) is 91.0 cm³/mol. The number of rotatable bonds is 5. The predicted octanol–water partition coefficient (Wildman–Crippen LogP) is 3.60. The first-order chi connectivity index (χ1) is 9.54. The number of benzene rings is 1. The number of carbonyl (C=O) groups excluding carboxylic acids is 1. The van der Waals surface area contributed by atoms with E-state index in [0.29, 0.717) is 6.54 Å². The first-order valence-electron chi connectivity index (χ1n) is 7.15. The summed E-state index contributed by atoms with van der Waals surface area (Å²) in [6, 6.07) is 7.97. The zero-order valence-corrected chi connectivity index (χ0v) is 13.6. The quantitative estimate of drug-likeness (QED) is 0.789. The fourth-order valence-electron chi connectivity index (χ4n) is 2.57. The molecule has 0 radical (unpaired) electrons. The van der Waals surface area contributed by atoms with E-state index < -0.39 is 5.41 Å². The second-order valence-corrected chi connectivity index (χ2v) is 5.40. The Balaban J connectivity index is 0.00000220. The van der Waals surface area contributed by atoms with E-state index in [9.17, 15) is 4.79 Å².